The lowest BCUT2D eigenvalue weighted by Crippen LogP contribution is -2.20. The van der Waals surface area contributed by atoms with Gasteiger partial charge >= 0.3 is 5.97 Å². The number of hydrogen-bond acceptors (Lipinski definition) is 5. The number of rotatable bonds is 6. The molecule has 0 aliphatic rings. The fraction of sp³-hybridized carbons (Fsp3) is 0.643. The molecule has 0 radical (unpaired) electrons. The highest BCUT2D eigenvalue weighted by Crippen LogP contribution is 2.29. The van der Waals surface area contributed by atoms with Crippen LogP contribution in [0.15, 0.2) is 6.07 Å². The molecule has 0 aromatic carbocycles. The minimum atomic E-state index is -3.40. The molecule has 0 saturated carbocycles. The average molecular weight is 333 g/mol. The molecule has 5 nitrogen and oxygen atoms in total. The van der Waals surface area contributed by atoms with Crippen LogP contribution in [-0.4, -0.2) is 26.7 Å². The molecule has 0 saturated heterocycles. The second-order valence-corrected chi connectivity index (χ2v) is 8.97. The van der Waals surface area contributed by atoms with Gasteiger partial charge in [0.2, 0.25) is 10.0 Å². The van der Waals surface area contributed by atoms with Gasteiger partial charge in [0.05, 0.1) is 12.4 Å². The van der Waals surface area contributed by atoms with E-state index in [0.29, 0.717) is 28.5 Å². The minimum Gasteiger partial charge on any atom is -0.462 e. The Morgan fingerprint density at radius 3 is 2.52 bits per heavy atom. The van der Waals surface area contributed by atoms with Crippen LogP contribution in [0.3, 0.4) is 0 Å². The van der Waals surface area contributed by atoms with Crippen molar-refractivity contribution < 1.29 is 17.9 Å². The van der Waals surface area contributed by atoms with Crippen LogP contribution in [0.2, 0.25) is 0 Å². The zero-order chi connectivity index (χ0) is 16.3. The summed E-state index contributed by atoms with van der Waals surface area (Å²) in [6, 6.07) is 1.66. The third-order valence-electron chi connectivity index (χ3n) is 2.76. The summed E-state index contributed by atoms with van der Waals surface area (Å²) >= 11 is 1.10. The summed E-state index contributed by atoms with van der Waals surface area (Å²) in [7, 11) is -3.40. The molecule has 21 heavy (non-hydrogen) atoms. The van der Waals surface area contributed by atoms with Gasteiger partial charge in [-0.15, -0.1) is 11.3 Å². The van der Waals surface area contributed by atoms with Crippen molar-refractivity contribution in [2.45, 2.75) is 41.0 Å². The fourth-order valence-corrected chi connectivity index (χ4v) is 4.29. The van der Waals surface area contributed by atoms with Crippen molar-refractivity contribution in [3.63, 3.8) is 0 Å². The Labute approximate surface area is 130 Å². The van der Waals surface area contributed by atoms with E-state index in [0.717, 1.165) is 11.3 Å². The highest BCUT2D eigenvalue weighted by molar-refractivity contribution is 7.92. The van der Waals surface area contributed by atoms with Crippen LogP contribution in [-0.2, 0) is 14.8 Å². The zero-order valence-corrected chi connectivity index (χ0v) is 14.8. The second kappa shape index (κ2) is 6.79. The standard InChI is InChI=1S/C14H23NO4S2/c1-6-19-13(16)12-10(2)9-11(20-12)15-21(17,18)8-7-14(3,4)5/h9,15H,6-8H2,1-5H3. The zero-order valence-electron chi connectivity index (χ0n) is 13.1. The normalized spacial score (nSPS) is 12.2. The fourth-order valence-electron chi connectivity index (χ4n) is 1.58. The van der Waals surface area contributed by atoms with Gasteiger partial charge in [0, 0.05) is 0 Å². The van der Waals surface area contributed by atoms with Crippen molar-refractivity contribution in [2.75, 3.05) is 17.1 Å². The van der Waals surface area contributed by atoms with E-state index in [9.17, 15) is 13.2 Å². The topological polar surface area (TPSA) is 72.5 Å². The number of aryl methyl sites for hydroxylation is 1. The van der Waals surface area contributed by atoms with Crippen molar-refractivity contribution in [1.29, 1.82) is 0 Å². The SMILES string of the molecule is CCOC(=O)c1sc(NS(=O)(=O)CCC(C)(C)C)cc1C. The van der Waals surface area contributed by atoms with Crippen LogP contribution in [0.4, 0.5) is 5.00 Å². The summed E-state index contributed by atoms with van der Waals surface area (Å²) in [5.74, 6) is -0.359. The molecule has 0 fully saturated rings. The lowest BCUT2D eigenvalue weighted by atomic mass is 9.94. The second-order valence-electron chi connectivity index (χ2n) is 6.07. The molecule has 0 spiro atoms. The van der Waals surface area contributed by atoms with E-state index in [4.69, 9.17) is 4.74 Å². The van der Waals surface area contributed by atoms with Gasteiger partial charge in [-0.1, -0.05) is 20.8 Å². The maximum Gasteiger partial charge on any atom is 0.348 e. The first-order chi connectivity index (χ1) is 9.54. The van der Waals surface area contributed by atoms with Crippen LogP contribution >= 0.6 is 11.3 Å². The molecule has 0 aliphatic carbocycles. The summed E-state index contributed by atoms with van der Waals surface area (Å²) in [6.07, 6.45) is 0.567. The van der Waals surface area contributed by atoms with Crippen molar-refractivity contribution >= 4 is 32.3 Å². The van der Waals surface area contributed by atoms with Crippen molar-refractivity contribution in [3.8, 4) is 0 Å². The summed E-state index contributed by atoms with van der Waals surface area (Å²) in [5.41, 5.74) is 0.669. The van der Waals surface area contributed by atoms with Gasteiger partial charge in [0.15, 0.2) is 0 Å². The first kappa shape index (κ1) is 18.0. The van der Waals surface area contributed by atoms with E-state index in [1.165, 1.54) is 0 Å². The van der Waals surface area contributed by atoms with E-state index < -0.39 is 16.0 Å². The molecular weight excluding hydrogens is 310 g/mol. The molecule has 1 heterocycles. The molecule has 7 heteroatoms. The minimum absolute atomic E-state index is 0.0454. The number of esters is 1. The van der Waals surface area contributed by atoms with Gasteiger partial charge in [-0.05, 0) is 37.3 Å². The number of hydrogen-bond donors (Lipinski definition) is 1. The quantitative estimate of drug-likeness (QED) is 0.810. The van der Waals surface area contributed by atoms with E-state index in [-0.39, 0.29) is 11.2 Å². The van der Waals surface area contributed by atoms with Gasteiger partial charge in [-0.25, -0.2) is 13.2 Å². The Morgan fingerprint density at radius 2 is 2.00 bits per heavy atom. The Hall–Kier alpha value is -1.08. The number of carbonyl (C=O) groups excluding carboxylic acids is 1. The molecular formula is C14H23NO4S2. The number of sulfonamides is 1. The molecule has 0 aliphatic heterocycles. The maximum absolute atomic E-state index is 12.0. The number of carbonyl (C=O) groups is 1. The number of ether oxygens (including phenoxy) is 1. The molecule has 0 amide bonds. The highest BCUT2D eigenvalue weighted by atomic mass is 32.2. The molecule has 0 unspecified atom stereocenters. The van der Waals surface area contributed by atoms with Crippen molar-refractivity contribution in [1.82, 2.24) is 0 Å². The molecule has 1 aromatic rings. The van der Waals surface area contributed by atoms with Crippen molar-refractivity contribution in [3.05, 3.63) is 16.5 Å². The average Bonchev–Trinajstić information content (AvgIpc) is 2.66. The van der Waals surface area contributed by atoms with Crippen molar-refractivity contribution in [2.24, 2.45) is 5.41 Å². The first-order valence-electron chi connectivity index (χ1n) is 6.82. The van der Waals surface area contributed by atoms with Crippen LogP contribution in [0.1, 0.15) is 49.4 Å². The van der Waals surface area contributed by atoms with E-state index in [2.05, 4.69) is 4.72 Å². The summed E-state index contributed by atoms with van der Waals surface area (Å²) in [4.78, 5) is 12.1. The lowest BCUT2D eigenvalue weighted by molar-refractivity contribution is 0.0531. The Balaban J connectivity index is 2.79. The Morgan fingerprint density at radius 1 is 1.38 bits per heavy atom. The van der Waals surface area contributed by atoms with E-state index in [1.807, 2.05) is 20.8 Å². The molecule has 0 bridgehead atoms. The van der Waals surface area contributed by atoms with Gasteiger partial charge in [0.1, 0.15) is 9.88 Å². The maximum atomic E-state index is 12.0. The third kappa shape index (κ3) is 6.05. The van der Waals surface area contributed by atoms with E-state index in [1.54, 1.807) is 19.9 Å². The predicted octanol–water partition coefficient (Wildman–Crippen LogP) is 3.41. The molecule has 1 rings (SSSR count). The van der Waals surface area contributed by atoms with Crippen LogP contribution in [0.5, 0.6) is 0 Å². The Bertz CT molecular complexity index is 597. The summed E-state index contributed by atoms with van der Waals surface area (Å²) in [5, 5.41) is 0.449. The molecule has 1 aromatic heterocycles. The predicted molar refractivity (Wildman–Crippen MR) is 86.5 cm³/mol. The monoisotopic (exact) mass is 333 g/mol. The Kier molecular flexibility index (Phi) is 5.81. The van der Waals surface area contributed by atoms with Gasteiger partial charge in [0.25, 0.3) is 0 Å². The van der Waals surface area contributed by atoms with E-state index >= 15 is 0 Å². The largest absolute Gasteiger partial charge is 0.462 e. The smallest absolute Gasteiger partial charge is 0.348 e. The van der Waals surface area contributed by atoms with Gasteiger partial charge < -0.3 is 4.74 Å². The number of thiophene rings is 1. The number of nitrogens with one attached hydrogen (secondary N) is 1. The lowest BCUT2D eigenvalue weighted by Gasteiger charge is -2.17. The van der Waals surface area contributed by atoms with Gasteiger partial charge in [-0.2, -0.15) is 0 Å². The van der Waals surface area contributed by atoms with Gasteiger partial charge in [-0.3, -0.25) is 4.72 Å². The number of anilines is 1. The molecule has 1 N–H and O–H groups in total. The summed E-state index contributed by atoms with van der Waals surface area (Å²) < 4.78 is 31.6. The van der Waals surface area contributed by atoms with Crippen LogP contribution in [0.25, 0.3) is 0 Å². The molecule has 0 atom stereocenters. The first-order valence-corrected chi connectivity index (χ1v) is 9.29. The highest BCUT2D eigenvalue weighted by Gasteiger charge is 2.20. The third-order valence-corrected chi connectivity index (χ3v) is 5.29. The summed E-state index contributed by atoms with van der Waals surface area (Å²) in [6.45, 7) is 9.78. The molecule has 120 valence electrons. The van der Waals surface area contributed by atoms with Crippen LogP contribution in [0, 0.1) is 12.3 Å². The van der Waals surface area contributed by atoms with Crippen LogP contribution < -0.4 is 4.72 Å².